The van der Waals surface area contributed by atoms with Gasteiger partial charge in [0.05, 0.1) is 12.3 Å². The summed E-state index contributed by atoms with van der Waals surface area (Å²) in [6.07, 6.45) is -2.62. The van der Waals surface area contributed by atoms with Gasteiger partial charge in [-0.1, -0.05) is 26.0 Å². The molecule has 0 unspecified atom stereocenters. The number of sulfone groups is 1. The molecule has 2 N–H and O–H groups in total. The molecular weight excluding hydrogens is 407 g/mol. The average molecular weight is 438 g/mol. The Bertz CT molecular complexity index is 761. The van der Waals surface area contributed by atoms with Crippen molar-refractivity contribution in [1.82, 2.24) is 10.6 Å². The largest absolute Gasteiger partial charge is 0.484 e. The van der Waals surface area contributed by atoms with Crippen LogP contribution in [0.5, 0.6) is 5.75 Å². The standard InChI is InChI=1S/C19H30F3N3O3S/c1-5-23-17(25-13-18(2,3)10-11-29(4,26)27)24-12-15-6-8-16(9-7-15)28-14-19(20,21)22/h6-9H,5,10-14H2,1-4H3,(H2,23,24,25). The zero-order valence-corrected chi connectivity index (χ0v) is 18.1. The first kappa shape index (κ1) is 25.1. The van der Waals surface area contributed by atoms with Gasteiger partial charge in [0.25, 0.3) is 0 Å². The molecule has 0 spiro atoms. The lowest BCUT2D eigenvalue weighted by Crippen LogP contribution is -2.42. The molecule has 0 aromatic heterocycles. The van der Waals surface area contributed by atoms with Crippen molar-refractivity contribution < 1.29 is 26.3 Å². The molecular formula is C19H30F3N3O3S. The van der Waals surface area contributed by atoms with Crippen LogP contribution in [0.1, 0.15) is 32.8 Å². The zero-order chi connectivity index (χ0) is 22.1. The normalized spacial score (nSPS) is 13.3. The summed E-state index contributed by atoms with van der Waals surface area (Å²) >= 11 is 0. The number of guanidine groups is 1. The highest BCUT2D eigenvalue weighted by Crippen LogP contribution is 2.20. The van der Waals surface area contributed by atoms with E-state index in [1.54, 1.807) is 12.1 Å². The number of hydrogen-bond acceptors (Lipinski definition) is 4. The van der Waals surface area contributed by atoms with E-state index in [2.05, 4.69) is 20.4 Å². The maximum atomic E-state index is 12.2. The third-order valence-electron chi connectivity index (χ3n) is 3.97. The number of ether oxygens (including phenoxy) is 1. The summed E-state index contributed by atoms with van der Waals surface area (Å²) in [5.74, 6) is 0.850. The third kappa shape index (κ3) is 12.2. The molecule has 0 heterocycles. The van der Waals surface area contributed by atoms with Gasteiger partial charge in [-0.2, -0.15) is 13.2 Å². The van der Waals surface area contributed by atoms with Crippen molar-refractivity contribution >= 4 is 15.8 Å². The molecule has 29 heavy (non-hydrogen) atoms. The summed E-state index contributed by atoms with van der Waals surface area (Å²) in [4.78, 5) is 4.47. The Morgan fingerprint density at radius 3 is 2.28 bits per heavy atom. The highest BCUT2D eigenvalue weighted by molar-refractivity contribution is 7.90. The molecule has 1 rings (SSSR count). The van der Waals surface area contributed by atoms with Crippen molar-refractivity contribution in [2.75, 3.05) is 31.7 Å². The number of nitrogens with one attached hydrogen (secondary N) is 2. The second-order valence-electron chi connectivity index (χ2n) is 7.64. The molecule has 0 aliphatic heterocycles. The minimum absolute atomic E-state index is 0.123. The zero-order valence-electron chi connectivity index (χ0n) is 17.3. The van der Waals surface area contributed by atoms with E-state index in [0.717, 1.165) is 5.56 Å². The Balaban J connectivity index is 2.62. The number of alkyl halides is 3. The molecule has 0 radical (unpaired) electrons. The van der Waals surface area contributed by atoms with Gasteiger partial charge in [0, 0.05) is 19.3 Å². The Morgan fingerprint density at radius 2 is 1.76 bits per heavy atom. The van der Waals surface area contributed by atoms with Crippen LogP contribution in [0, 0.1) is 5.41 Å². The van der Waals surface area contributed by atoms with Crippen LogP contribution in [0.25, 0.3) is 0 Å². The van der Waals surface area contributed by atoms with E-state index >= 15 is 0 Å². The van der Waals surface area contributed by atoms with Crippen molar-refractivity contribution in [3.05, 3.63) is 29.8 Å². The van der Waals surface area contributed by atoms with Gasteiger partial charge in [-0.25, -0.2) is 13.4 Å². The SMILES string of the molecule is CCNC(=NCc1ccc(OCC(F)(F)F)cc1)NCC(C)(C)CCS(C)(=O)=O. The summed E-state index contributed by atoms with van der Waals surface area (Å²) in [5, 5.41) is 6.33. The van der Waals surface area contributed by atoms with Gasteiger partial charge in [0.1, 0.15) is 15.6 Å². The number of aliphatic imine (C=N–C) groups is 1. The number of nitrogens with zero attached hydrogens (tertiary/aromatic N) is 1. The first-order valence-electron chi connectivity index (χ1n) is 9.28. The number of rotatable bonds is 10. The molecule has 0 amide bonds. The fourth-order valence-electron chi connectivity index (χ4n) is 2.24. The highest BCUT2D eigenvalue weighted by atomic mass is 32.2. The van der Waals surface area contributed by atoms with E-state index in [1.807, 2.05) is 20.8 Å². The van der Waals surface area contributed by atoms with Crippen LogP contribution in [-0.4, -0.2) is 52.3 Å². The van der Waals surface area contributed by atoms with Gasteiger partial charge in [-0.3, -0.25) is 0 Å². The van der Waals surface area contributed by atoms with Crippen LogP contribution in [0.3, 0.4) is 0 Å². The van der Waals surface area contributed by atoms with Gasteiger partial charge in [0.15, 0.2) is 12.6 Å². The lowest BCUT2D eigenvalue weighted by molar-refractivity contribution is -0.153. The summed E-state index contributed by atoms with van der Waals surface area (Å²) in [7, 11) is -3.01. The molecule has 0 bridgehead atoms. The fraction of sp³-hybridized carbons (Fsp3) is 0.632. The van der Waals surface area contributed by atoms with Crippen LogP contribution in [-0.2, 0) is 16.4 Å². The highest BCUT2D eigenvalue weighted by Gasteiger charge is 2.28. The topological polar surface area (TPSA) is 79.8 Å². The first-order valence-corrected chi connectivity index (χ1v) is 11.3. The Kier molecular flexibility index (Phi) is 9.25. The van der Waals surface area contributed by atoms with Crippen molar-refractivity contribution in [2.45, 2.75) is 39.9 Å². The predicted octanol–water partition coefficient (Wildman–Crippen LogP) is 3.14. The van der Waals surface area contributed by atoms with Crippen LogP contribution >= 0.6 is 0 Å². The van der Waals surface area contributed by atoms with Crippen molar-refractivity contribution in [2.24, 2.45) is 10.4 Å². The quantitative estimate of drug-likeness (QED) is 0.434. The van der Waals surface area contributed by atoms with E-state index < -0.39 is 22.6 Å². The first-order chi connectivity index (χ1) is 13.3. The summed E-state index contributed by atoms with van der Waals surface area (Å²) < 4.78 is 64.0. The van der Waals surface area contributed by atoms with Crippen LogP contribution in [0.2, 0.25) is 0 Å². The van der Waals surface area contributed by atoms with E-state index in [-0.39, 0.29) is 16.9 Å². The van der Waals surface area contributed by atoms with E-state index in [4.69, 9.17) is 0 Å². The number of hydrogen-bond donors (Lipinski definition) is 2. The molecule has 0 atom stereocenters. The van der Waals surface area contributed by atoms with Crippen LogP contribution < -0.4 is 15.4 Å². The molecule has 0 fully saturated rings. The minimum atomic E-state index is -4.37. The second kappa shape index (κ2) is 10.7. The van der Waals surface area contributed by atoms with Gasteiger partial charge in [-0.05, 0) is 36.5 Å². The maximum absolute atomic E-state index is 12.2. The number of benzene rings is 1. The Labute approximate surface area is 170 Å². The molecule has 1 aromatic rings. The van der Waals surface area contributed by atoms with Crippen molar-refractivity contribution in [3.63, 3.8) is 0 Å². The average Bonchev–Trinajstić information content (AvgIpc) is 2.60. The van der Waals surface area contributed by atoms with Gasteiger partial charge < -0.3 is 15.4 Å². The minimum Gasteiger partial charge on any atom is -0.484 e. The molecule has 1 aromatic carbocycles. The lowest BCUT2D eigenvalue weighted by atomic mass is 9.90. The van der Waals surface area contributed by atoms with E-state index in [9.17, 15) is 21.6 Å². The molecule has 166 valence electrons. The van der Waals surface area contributed by atoms with Gasteiger partial charge >= 0.3 is 6.18 Å². The molecule has 0 saturated carbocycles. The van der Waals surface area contributed by atoms with Crippen LogP contribution in [0.4, 0.5) is 13.2 Å². The Morgan fingerprint density at radius 1 is 1.14 bits per heavy atom. The van der Waals surface area contributed by atoms with Gasteiger partial charge in [0.2, 0.25) is 0 Å². The lowest BCUT2D eigenvalue weighted by Gasteiger charge is -2.25. The molecule has 0 aliphatic rings. The molecule has 6 nitrogen and oxygen atoms in total. The Hall–Kier alpha value is -1.97. The maximum Gasteiger partial charge on any atom is 0.422 e. The summed E-state index contributed by atoms with van der Waals surface area (Å²) in [6, 6.07) is 6.28. The molecule has 0 saturated heterocycles. The molecule has 10 heteroatoms. The van der Waals surface area contributed by atoms with Crippen molar-refractivity contribution in [1.29, 1.82) is 0 Å². The van der Waals surface area contributed by atoms with E-state index in [1.165, 1.54) is 18.4 Å². The second-order valence-corrected chi connectivity index (χ2v) is 9.90. The smallest absolute Gasteiger partial charge is 0.422 e. The van der Waals surface area contributed by atoms with Gasteiger partial charge in [-0.15, -0.1) is 0 Å². The molecule has 0 aliphatic carbocycles. The predicted molar refractivity (Wildman–Crippen MR) is 109 cm³/mol. The summed E-state index contributed by atoms with van der Waals surface area (Å²) in [6.45, 7) is 6.09. The monoisotopic (exact) mass is 437 g/mol. The van der Waals surface area contributed by atoms with Crippen molar-refractivity contribution in [3.8, 4) is 5.75 Å². The summed E-state index contributed by atoms with van der Waals surface area (Å²) in [5.41, 5.74) is 0.578. The number of halogens is 3. The van der Waals surface area contributed by atoms with E-state index in [0.29, 0.717) is 32.0 Å². The fourth-order valence-corrected chi connectivity index (χ4v) is 3.16. The third-order valence-corrected chi connectivity index (χ3v) is 4.92. The van der Waals surface area contributed by atoms with Crippen LogP contribution in [0.15, 0.2) is 29.3 Å².